The number of hydrogen-bond acceptors (Lipinski definition) is 7. The van der Waals surface area contributed by atoms with Crippen LogP contribution in [0.3, 0.4) is 0 Å². The number of nitrogens with zero attached hydrogens (tertiary/aromatic N) is 4. The molecule has 1 saturated heterocycles. The zero-order chi connectivity index (χ0) is 36.4. The third-order valence-electron chi connectivity index (χ3n) is 8.66. The minimum atomic E-state index is -0.648. The number of fused-ring (bicyclic) bond motifs is 1. The summed E-state index contributed by atoms with van der Waals surface area (Å²) in [5.41, 5.74) is 4.86. The van der Waals surface area contributed by atoms with Gasteiger partial charge in [-0.2, -0.15) is 4.39 Å². The molecular weight excluding hydrogens is 647 g/mol. The van der Waals surface area contributed by atoms with Crippen molar-refractivity contribution in [1.82, 2.24) is 19.7 Å². The van der Waals surface area contributed by atoms with Crippen molar-refractivity contribution in [2.75, 3.05) is 26.3 Å². The number of carbonyl (C=O) groups excluding carboxylic acids is 2. The Hall–Kier alpha value is -4.83. The maximum Gasteiger partial charge on any atom is 0.410 e. The van der Waals surface area contributed by atoms with Gasteiger partial charge in [-0.15, -0.1) is 5.10 Å². The van der Waals surface area contributed by atoms with Gasteiger partial charge in [-0.25, -0.2) is 14.5 Å². The number of pyridine rings is 1. The molecule has 10 heteroatoms. The van der Waals surface area contributed by atoms with E-state index in [4.69, 9.17) is 14.2 Å². The van der Waals surface area contributed by atoms with Crippen molar-refractivity contribution >= 4 is 33.9 Å². The summed E-state index contributed by atoms with van der Waals surface area (Å²) < 4.78 is 34.6. The van der Waals surface area contributed by atoms with Gasteiger partial charge in [0.1, 0.15) is 12.2 Å². The van der Waals surface area contributed by atoms with Crippen molar-refractivity contribution < 1.29 is 28.2 Å². The highest BCUT2D eigenvalue weighted by atomic mass is 19.1. The Labute approximate surface area is 300 Å². The lowest BCUT2D eigenvalue weighted by Gasteiger charge is -2.27. The van der Waals surface area contributed by atoms with Crippen LogP contribution in [0.4, 0.5) is 9.18 Å². The second-order valence-electron chi connectivity index (χ2n) is 13.6. The quantitative estimate of drug-likeness (QED) is 0.0958. The van der Waals surface area contributed by atoms with E-state index in [-0.39, 0.29) is 25.2 Å². The zero-order valence-electron chi connectivity index (χ0n) is 30.4. The number of aromatic nitrogens is 3. The van der Waals surface area contributed by atoms with Crippen LogP contribution < -0.4 is 4.74 Å². The lowest BCUT2D eigenvalue weighted by molar-refractivity contribution is -0.114. The van der Waals surface area contributed by atoms with Gasteiger partial charge in [0.2, 0.25) is 11.8 Å². The number of benzene rings is 2. The monoisotopic (exact) mass is 696 g/mol. The summed E-state index contributed by atoms with van der Waals surface area (Å²) >= 11 is 0. The number of hydrogen-bond donors (Lipinski definition) is 0. The molecule has 2 aromatic heterocycles. The largest absolute Gasteiger partial charge is 0.476 e. The Morgan fingerprint density at radius 1 is 1.00 bits per heavy atom. The van der Waals surface area contributed by atoms with Crippen molar-refractivity contribution in [2.45, 2.75) is 85.0 Å². The van der Waals surface area contributed by atoms with E-state index in [2.05, 4.69) is 29.1 Å². The van der Waals surface area contributed by atoms with Crippen molar-refractivity contribution in [3.63, 3.8) is 0 Å². The van der Waals surface area contributed by atoms with Crippen molar-refractivity contribution in [3.8, 4) is 5.88 Å². The normalized spacial score (nSPS) is 15.5. The van der Waals surface area contributed by atoms with E-state index >= 15 is 4.39 Å². The summed E-state index contributed by atoms with van der Waals surface area (Å²) in [6.45, 7) is 10.9. The minimum Gasteiger partial charge on any atom is -0.476 e. The van der Waals surface area contributed by atoms with Crippen molar-refractivity contribution in [2.24, 2.45) is 0 Å². The Bertz CT molecular complexity index is 1840. The van der Waals surface area contributed by atoms with E-state index in [9.17, 15) is 9.59 Å². The maximum atomic E-state index is 15.4. The van der Waals surface area contributed by atoms with Gasteiger partial charge in [0.15, 0.2) is 12.0 Å². The van der Waals surface area contributed by atoms with E-state index in [0.717, 1.165) is 53.5 Å². The average Bonchev–Trinajstić information content (AvgIpc) is 3.47. The highest BCUT2D eigenvalue weighted by Crippen LogP contribution is 2.37. The van der Waals surface area contributed by atoms with E-state index in [1.54, 1.807) is 27.9 Å². The summed E-state index contributed by atoms with van der Waals surface area (Å²) in [6, 6.07) is 19.7. The van der Waals surface area contributed by atoms with Gasteiger partial charge < -0.3 is 19.1 Å². The lowest BCUT2D eigenvalue weighted by Crippen LogP contribution is -2.39. The van der Waals surface area contributed by atoms with Crippen LogP contribution in [-0.2, 0) is 14.3 Å². The fourth-order valence-corrected chi connectivity index (χ4v) is 6.13. The summed E-state index contributed by atoms with van der Waals surface area (Å²) in [5.74, 6) is -0.0762. The van der Waals surface area contributed by atoms with E-state index < -0.39 is 17.6 Å². The van der Waals surface area contributed by atoms with Crippen LogP contribution in [0.5, 0.6) is 5.88 Å². The second kappa shape index (κ2) is 17.4. The molecule has 5 rings (SSSR count). The topological polar surface area (TPSA) is 95.8 Å². The lowest BCUT2D eigenvalue weighted by atomic mass is 9.88. The second-order valence-corrected chi connectivity index (χ2v) is 13.6. The average molecular weight is 697 g/mol. The minimum absolute atomic E-state index is 0.0399. The van der Waals surface area contributed by atoms with E-state index in [0.29, 0.717) is 42.8 Å². The van der Waals surface area contributed by atoms with Gasteiger partial charge in [-0.3, -0.25) is 4.79 Å². The Morgan fingerprint density at radius 3 is 2.45 bits per heavy atom. The van der Waals surface area contributed by atoms with Crippen LogP contribution in [0.1, 0.15) is 96.1 Å². The highest BCUT2D eigenvalue weighted by Gasteiger charge is 2.24. The molecule has 1 unspecified atom stereocenters. The van der Waals surface area contributed by atoms with Gasteiger partial charge in [-0.1, -0.05) is 56.3 Å². The van der Waals surface area contributed by atoms with Crippen LogP contribution >= 0.6 is 0 Å². The first kappa shape index (κ1) is 37.4. The van der Waals surface area contributed by atoms with Crippen LogP contribution in [0.25, 0.3) is 22.0 Å². The van der Waals surface area contributed by atoms with Crippen LogP contribution in [0.15, 0.2) is 79.0 Å². The molecule has 0 aliphatic carbocycles. The molecule has 0 spiro atoms. The predicted molar refractivity (Wildman–Crippen MR) is 198 cm³/mol. The van der Waals surface area contributed by atoms with Gasteiger partial charge in [0.25, 0.3) is 0 Å². The standard InChI is InChI=1S/C41H49FN4O5/c1-6-32(47)17-11-13-23-45(40(48)51-41(3,4)5)24-26-49-36-22-20-31(28-43-36)38(33(7-2)29-15-9-8-10-16-29)30-19-21-35-34(27-30)39(42)44-46(35)37-18-12-14-25-50-37/h8-11,15-17,19-22,27-28,37H,6-7,12-14,18,23-26H2,1-5H3/b17-11+,38-33-. The summed E-state index contributed by atoms with van der Waals surface area (Å²) in [6.07, 6.45) is 8.87. The fourth-order valence-electron chi connectivity index (χ4n) is 6.13. The van der Waals surface area contributed by atoms with Gasteiger partial charge in [0, 0.05) is 37.4 Å². The number of ether oxygens (including phenoxy) is 3. The molecule has 2 aromatic carbocycles. The van der Waals surface area contributed by atoms with E-state index in [1.807, 2.05) is 76.2 Å². The molecule has 1 fully saturated rings. The molecule has 0 radical (unpaired) electrons. The first-order valence-corrected chi connectivity index (χ1v) is 17.9. The van der Waals surface area contributed by atoms with Crippen LogP contribution in [0, 0.1) is 5.95 Å². The first-order chi connectivity index (χ1) is 24.6. The Kier molecular flexibility index (Phi) is 12.8. The molecule has 1 atom stereocenters. The molecule has 1 aliphatic heterocycles. The van der Waals surface area contributed by atoms with Crippen LogP contribution in [0.2, 0.25) is 0 Å². The molecule has 0 N–H and O–H groups in total. The number of allylic oxidation sites excluding steroid dienone is 2. The smallest absolute Gasteiger partial charge is 0.410 e. The molecule has 1 amide bonds. The molecule has 9 nitrogen and oxygen atoms in total. The third-order valence-corrected chi connectivity index (χ3v) is 8.66. The zero-order valence-corrected chi connectivity index (χ0v) is 30.4. The molecular formula is C41H49FN4O5. The molecule has 4 aromatic rings. The number of carbonyl (C=O) groups is 2. The highest BCUT2D eigenvalue weighted by molar-refractivity contribution is 6.00. The number of rotatable bonds is 14. The maximum absolute atomic E-state index is 15.4. The molecule has 1 aliphatic rings. The fraction of sp³-hybridized carbons (Fsp3) is 0.415. The summed E-state index contributed by atoms with van der Waals surface area (Å²) in [7, 11) is 0. The first-order valence-electron chi connectivity index (χ1n) is 17.9. The number of halogens is 1. The van der Waals surface area contributed by atoms with Crippen molar-refractivity contribution in [1.29, 1.82) is 0 Å². The molecule has 51 heavy (non-hydrogen) atoms. The van der Waals surface area contributed by atoms with Gasteiger partial charge >= 0.3 is 6.09 Å². The van der Waals surface area contributed by atoms with Gasteiger partial charge in [-0.05, 0) is 99.4 Å². The predicted octanol–water partition coefficient (Wildman–Crippen LogP) is 9.18. The van der Waals surface area contributed by atoms with Gasteiger partial charge in [0.05, 0.1) is 17.4 Å². The summed E-state index contributed by atoms with van der Waals surface area (Å²) in [5, 5.41) is 4.69. The summed E-state index contributed by atoms with van der Waals surface area (Å²) in [4.78, 5) is 30.8. The molecule has 3 heterocycles. The molecule has 270 valence electrons. The number of ketones is 1. The molecule has 0 saturated carbocycles. The Morgan fingerprint density at radius 2 is 1.78 bits per heavy atom. The molecule has 0 bridgehead atoms. The Balaban J connectivity index is 1.39. The van der Waals surface area contributed by atoms with Crippen LogP contribution in [-0.4, -0.2) is 63.4 Å². The third kappa shape index (κ3) is 9.91. The SMILES string of the molecule is CCC(=O)/C=C/CCN(CCOc1ccc(/C(=C(/CC)c2ccccc2)c2ccc3c(c2)c(F)nn3C2CCCCO2)cn1)C(=O)OC(C)(C)C. The number of amides is 1. The van der Waals surface area contributed by atoms with E-state index in [1.165, 1.54) is 0 Å². The van der Waals surface area contributed by atoms with Crippen molar-refractivity contribution in [3.05, 3.63) is 102 Å².